The van der Waals surface area contributed by atoms with Crippen LogP contribution in [0.1, 0.15) is 45.1 Å². The van der Waals surface area contributed by atoms with Gasteiger partial charge in [-0.25, -0.2) is 0 Å². The molecule has 0 heterocycles. The minimum Gasteiger partial charge on any atom is -0.390 e. The van der Waals surface area contributed by atoms with Crippen LogP contribution in [0.4, 0.5) is 0 Å². The molecule has 0 unspecified atom stereocenters. The van der Waals surface area contributed by atoms with E-state index in [0.717, 1.165) is 11.4 Å². The van der Waals surface area contributed by atoms with E-state index in [1.807, 2.05) is 33.0 Å². The summed E-state index contributed by atoms with van der Waals surface area (Å²) in [7, 11) is 1.99. The van der Waals surface area contributed by atoms with E-state index < -0.39 is 5.60 Å². The standard InChI is InChI=1S/C16H24ClNO/c1-15(2,19)11-14(18-3)16(9-4-10-16)12-5-7-13(17)8-6-12/h5-8,14,18-19H,4,9-11H2,1-3H3/t14-/m1/s1. The van der Waals surface area contributed by atoms with Gasteiger partial charge in [0.2, 0.25) is 0 Å². The van der Waals surface area contributed by atoms with E-state index in [-0.39, 0.29) is 5.41 Å². The first-order chi connectivity index (χ1) is 8.87. The van der Waals surface area contributed by atoms with Crippen molar-refractivity contribution in [3.8, 4) is 0 Å². The number of rotatable bonds is 5. The first kappa shape index (κ1) is 14.8. The quantitative estimate of drug-likeness (QED) is 0.866. The summed E-state index contributed by atoms with van der Waals surface area (Å²) >= 11 is 5.99. The SMILES string of the molecule is CN[C@H](CC(C)(C)O)C1(c2ccc(Cl)cc2)CCC1. The Labute approximate surface area is 121 Å². The highest BCUT2D eigenvalue weighted by atomic mass is 35.5. The maximum atomic E-state index is 10.1. The van der Waals surface area contributed by atoms with Crippen LogP contribution in [0.25, 0.3) is 0 Å². The molecule has 1 fully saturated rings. The van der Waals surface area contributed by atoms with Crippen molar-refractivity contribution >= 4 is 11.6 Å². The second-order valence-electron chi connectivity index (χ2n) is 6.37. The number of nitrogens with one attached hydrogen (secondary N) is 1. The van der Waals surface area contributed by atoms with Gasteiger partial charge in [-0.05, 0) is 57.9 Å². The summed E-state index contributed by atoms with van der Waals surface area (Å²) in [6.07, 6.45) is 4.37. The molecule has 0 spiro atoms. The summed E-state index contributed by atoms with van der Waals surface area (Å²) in [5.74, 6) is 0. The third-order valence-corrected chi connectivity index (χ3v) is 4.64. The van der Waals surface area contributed by atoms with Crippen LogP contribution in [0.5, 0.6) is 0 Å². The predicted molar refractivity (Wildman–Crippen MR) is 80.7 cm³/mol. The number of aliphatic hydroxyl groups is 1. The summed E-state index contributed by atoms with van der Waals surface area (Å²) < 4.78 is 0. The van der Waals surface area contributed by atoms with Crippen LogP contribution in [0, 0.1) is 0 Å². The van der Waals surface area contributed by atoms with Crippen LogP contribution in [0.2, 0.25) is 5.02 Å². The Morgan fingerprint density at radius 3 is 2.26 bits per heavy atom. The van der Waals surface area contributed by atoms with Crippen LogP contribution >= 0.6 is 11.6 Å². The molecule has 106 valence electrons. The van der Waals surface area contributed by atoms with E-state index in [2.05, 4.69) is 17.4 Å². The molecule has 2 rings (SSSR count). The highest BCUT2D eigenvalue weighted by Gasteiger charge is 2.46. The minimum absolute atomic E-state index is 0.152. The average molecular weight is 282 g/mol. The van der Waals surface area contributed by atoms with E-state index in [1.165, 1.54) is 24.8 Å². The zero-order chi connectivity index (χ0) is 14.1. The number of halogens is 1. The lowest BCUT2D eigenvalue weighted by Crippen LogP contribution is -2.54. The van der Waals surface area contributed by atoms with Gasteiger partial charge in [0.15, 0.2) is 0 Å². The molecule has 0 saturated heterocycles. The maximum absolute atomic E-state index is 10.1. The third kappa shape index (κ3) is 3.13. The van der Waals surface area contributed by atoms with Crippen molar-refractivity contribution in [2.24, 2.45) is 0 Å². The van der Waals surface area contributed by atoms with Crippen LogP contribution in [-0.2, 0) is 5.41 Å². The number of likely N-dealkylation sites (N-methyl/N-ethyl adjacent to an activating group) is 1. The van der Waals surface area contributed by atoms with Gasteiger partial charge in [-0.15, -0.1) is 0 Å². The molecule has 1 saturated carbocycles. The van der Waals surface area contributed by atoms with Gasteiger partial charge in [0.25, 0.3) is 0 Å². The topological polar surface area (TPSA) is 32.3 Å². The molecular weight excluding hydrogens is 258 g/mol. The lowest BCUT2D eigenvalue weighted by Gasteiger charge is -2.49. The van der Waals surface area contributed by atoms with Crippen molar-refractivity contribution in [3.05, 3.63) is 34.9 Å². The highest BCUT2D eigenvalue weighted by molar-refractivity contribution is 6.30. The summed E-state index contributed by atoms with van der Waals surface area (Å²) in [5.41, 5.74) is 0.842. The van der Waals surface area contributed by atoms with Crippen LogP contribution in [-0.4, -0.2) is 23.8 Å². The Morgan fingerprint density at radius 1 is 1.32 bits per heavy atom. The fourth-order valence-electron chi connectivity index (χ4n) is 3.25. The van der Waals surface area contributed by atoms with Crippen molar-refractivity contribution in [2.75, 3.05) is 7.05 Å². The number of hydrogen-bond acceptors (Lipinski definition) is 2. The van der Waals surface area contributed by atoms with Crippen molar-refractivity contribution in [2.45, 2.75) is 56.6 Å². The number of benzene rings is 1. The van der Waals surface area contributed by atoms with Crippen molar-refractivity contribution in [1.29, 1.82) is 0 Å². The van der Waals surface area contributed by atoms with Gasteiger partial charge in [-0.2, -0.15) is 0 Å². The first-order valence-corrected chi connectivity index (χ1v) is 7.41. The van der Waals surface area contributed by atoms with Gasteiger partial charge in [0, 0.05) is 16.5 Å². The largest absolute Gasteiger partial charge is 0.390 e. The normalized spacial score (nSPS) is 19.8. The Hall–Kier alpha value is -0.570. The zero-order valence-corrected chi connectivity index (χ0v) is 12.8. The van der Waals surface area contributed by atoms with E-state index in [0.29, 0.717) is 6.04 Å². The molecule has 3 heteroatoms. The fourth-order valence-corrected chi connectivity index (χ4v) is 3.38. The van der Waals surface area contributed by atoms with E-state index in [4.69, 9.17) is 11.6 Å². The molecule has 19 heavy (non-hydrogen) atoms. The first-order valence-electron chi connectivity index (χ1n) is 7.03. The Kier molecular flexibility index (Phi) is 4.24. The van der Waals surface area contributed by atoms with Gasteiger partial charge in [0.1, 0.15) is 0 Å². The molecule has 0 aliphatic heterocycles. The minimum atomic E-state index is -0.650. The molecule has 0 amide bonds. The van der Waals surface area contributed by atoms with Gasteiger partial charge in [-0.3, -0.25) is 0 Å². The molecule has 1 aromatic carbocycles. The molecule has 0 radical (unpaired) electrons. The summed E-state index contributed by atoms with van der Waals surface area (Å²) in [4.78, 5) is 0. The Balaban J connectivity index is 2.28. The van der Waals surface area contributed by atoms with E-state index in [1.54, 1.807) is 0 Å². The molecule has 1 aromatic rings. The summed E-state index contributed by atoms with van der Waals surface area (Å²) in [6.45, 7) is 3.76. The monoisotopic (exact) mass is 281 g/mol. The number of hydrogen-bond donors (Lipinski definition) is 2. The fraction of sp³-hybridized carbons (Fsp3) is 0.625. The van der Waals surface area contributed by atoms with Crippen molar-refractivity contribution < 1.29 is 5.11 Å². The average Bonchev–Trinajstić information content (AvgIpc) is 2.27. The second-order valence-corrected chi connectivity index (χ2v) is 6.81. The molecule has 1 aliphatic carbocycles. The maximum Gasteiger partial charge on any atom is 0.0606 e. The predicted octanol–water partition coefficient (Wildman–Crippen LogP) is 3.51. The summed E-state index contributed by atoms with van der Waals surface area (Å²) in [5, 5.41) is 14.3. The molecule has 2 N–H and O–H groups in total. The third-order valence-electron chi connectivity index (χ3n) is 4.38. The molecule has 1 atom stereocenters. The van der Waals surface area contributed by atoms with Crippen LogP contribution in [0.3, 0.4) is 0 Å². The van der Waals surface area contributed by atoms with E-state index in [9.17, 15) is 5.11 Å². The van der Waals surface area contributed by atoms with Crippen molar-refractivity contribution in [3.63, 3.8) is 0 Å². The molecular formula is C16H24ClNO. The van der Waals surface area contributed by atoms with Gasteiger partial charge in [0.05, 0.1) is 5.60 Å². The van der Waals surface area contributed by atoms with Crippen molar-refractivity contribution in [1.82, 2.24) is 5.32 Å². The smallest absolute Gasteiger partial charge is 0.0606 e. The molecule has 0 aromatic heterocycles. The van der Waals surface area contributed by atoms with E-state index >= 15 is 0 Å². The summed E-state index contributed by atoms with van der Waals surface area (Å²) in [6, 6.07) is 8.50. The lowest BCUT2D eigenvalue weighted by atomic mass is 9.58. The van der Waals surface area contributed by atoms with Gasteiger partial charge >= 0.3 is 0 Å². The second kappa shape index (κ2) is 5.43. The van der Waals surface area contributed by atoms with Gasteiger partial charge in [-0.1, -0.05) is 30.2 Å². The highest BCUT2D eigenvalue weighted by Crippen LogP contribution is 2.48. The van der Waals surface area contributed by atoms with Crippen LogP contribution in [0.15, 0.2) is 24.3 Å². The van der Waals surface area contributed by atoms with Crippen LogP contribution < -0.4 is 5.32 Å². The molecule has 1 aliphatic rings. The molecule has 0 bridgehead atoms. The lowest BCUT2D eigenvalue weighted by molar-refractivity contribution is 0.0337. The van der Waals surface area contributed by atoms with Gasteiger partial charge < -0.3 is 10.4 Å². The molecule has 2 nitrogen and oxygen atoms in total. The Bertz CT molecular complexity index is 417. The zero-order valence-electron chi connectivity index (χ0n) is 12.0. The Morgan fingerprint density at radius 2 is 1.89 bits per heavy atom.